The summed E-state index contributed by atoms with van der Waals surface area (Å²) < 4.78 is 24.6. The lowest BCUT2D eigenvalue weighted by Crippen LogP contribution is -2.47. The summed E-state index contributed by atoms with van der Waals surface area (Å²) in [6.07, 6.45) is 9.24. The Morgan fingerprint density at radius 1 is 1.00 bits per heavy atom. The summed E-state index contributed by atoms with van der Waals surface area (Å²) in [5.41, 5.74) is 0. The van der Waals surface area contributed by atoms with Gasteiger partial charge in [0.05, 0.1) is 6.26 Å². The fourth-order valence-corrected chi connectivity index (χ4v) is 6.86. The van der Waals surface area contributed by atoms with Crippen molar-refractivity contribution in [1.29, 1.82) is 0 Å². The van der Waals surface area contributed by atoms with Gasteiger partial charge in [0.15, 0.2) is 0 Å². The Bertz CT molecular complexity index is 583. The van der Waals surface area contributed by atoms with Crippen molar-refractivity contribution in [2.45, 2.75) is 51.0 Å². The molecular formula is C17H28N2O3S. The van der Waals surface area contributed by atoms with Crippen LogP contribution in [0.15, 0.2) is 0 Å². The average Bonchev–Trinajstić information content (AvgIpc) is 3.18. The van der Waals surface area contributed by atoms with Crippen molar-refractivity contribution in [2.75, 3.05) is 19.3 Å². The van der Waals surface area contributed by atoms with Crippen molar-refractivity contribution in [3.05, 3.63) is 0 Å². The molecule has 1 amide bonds. The van der Waals surface area contributed by atoms with E-state index in [9.17, 15) is 13.2 Å². The first-order chi connectivity index (χ1) is 10.9. The zero-order valence-electron chi connectivity index (χ0n) is 13.9. The molecule has 6 heteroatoms. The first-order valence-electron chi connectivity index (χ1n) is 9.19. The number of piperidine rings is 1. The number of rotatable bonds is 3. The number of nitrogens with zero attached hydrogens (tertiary/aromatic N) is 1. The molecule has 1 saturated heterocycles. The van der Waals surface area contributed by atoms with Gasteiger partial charge in [0.1, 0.15) is 0 Å². The van der Waals surface area contributed by atoms with E-state index in [0.717, 1.165) is 17.8 Å². The van der Waals surface area contributed by atoms with Gasteiger partial charge in [0.2, 0.25) is 15.9 Å². The molecule has 5 nitrogen and oxygen atoms in total. The summed E-state index contributed by atoms with van der Waals surface area (Å²) in [5, 5.41) is 3.34. The van der Waals surface area contributed by atoms with E-state index in [2.05, 4.69) is 5.32 Å². The zero-order chi connectivity index (χ0) is 16.2. The summed E-state index contributed by atoms with van der Waals surface area (Å²) in [6, 6.07) is 0.389. The second-order valence-electron chi connectivity index (χ2n) is 8.21. The van der Waals surface area contributed by atoms with Crippen molar-refractivity contribution >= 4 is 15.9 Å². The SMILES string of the molecule is CS(=O)(=O)N1CCC(C(=O)N[C@@H]2C[C@H]3C[C@H]2[C@@H]2CCC[C@@H]32)CC1. The fourth-order valence-electron chi connectivity index (χ4n) is 5.98. The van der Waals surface area contributed by atoms with Crippen LogP contribution in [0.5, 0.6) is 0 Å². The monoisotopic (exact) mass is 340 g/mol. The smallest absolute Gasteiger partial charge is 0.223 e. The minimum atomic E-state index is -3.11. The van der Waals surface area contributed by atoms with Crippen LogP contribution < -0.4 is 5.32 Å². The number of carbonyl (C=O) groups is 1. The van der Waals surface area contributed by atoms with E-state index in [1.54, 1.807) is 0 Å². The summed E-state index contributed by atoms with van der Waals surface area (Å²) in [5.74, 6) is 3.55. The summed E-state index contributed by atoms with van der Waals surface area (Å²) in [4.78, 5) is 12.6. The van der Waals surface area contributed by atoms with Crippen molar-refractivity contribution in [2.24, 2.45) is 29.6 Å². The van der Waals surface area contributed by atoms with E-state index in [1.807, 2.05) is 0 Å². The second kappa shape index (κ2) is 5.73. The third-order valence-corrected chi connectivity index (χ3v) is 8.35. The maximum absolute atomic E-state index is 12.6. The van der Waals surface area contributed by atoms with Crippen LogP contribution in [0.2, 0.25) is 0 Å². The normalized spacial score (nSPS) is 41.2. The lowest BCUT2D eigenvalue weighted by Gasteiger charge is -2.34. The number of amides is 1. The molecule has 1 N–H and O–H groups in total. The average molecular weight is 340 g/mol. The Kier molecular flexibility index (Phi) is 3.95. The van der Waals surface area contributed by atoms with Crippen molar-refractivity contribution in [3.8, 4) is 0 Å². The lowest BCUT2D eigenvalue weighted by atomic mass is 9.79. The third-order valence-electron chi connectivity index (χ3n) is 7.05. The highest BCUT2D eigenvalue weighted by Crippen LogP contribution is 2.58. The number of nitrogens with one attached hydrogen (secondary N) is 1. The zero-order valence-corrected chi connectivity index (χ0v) is 14.7. The van der Waals surface area contributed by atoms with Gasteiger partial charge < -0.3 is 5.32 Å². The minimum absolute atomic E-state index is 0.00787. The third kappa shape index (κ3) is 2.82. The first-order valence-corrected chi connectivity index (χ1v) is 11.0. The molecule has 0 spiro atoms. The Hall–Kier alpha value is -0.620. The van der Waals surface area contributed by atoms with Crippen LogP contribution in [-0.2, 0) is 14.8 Å². The van der Waals surface area contributed by atoms with E-state index in [0.29, 0.717) is 37.9 Å². The maximum atomic E-state index is 12.6. The van der Waals surface area contributed by atoms with E-state index in [1.165, 1.54) is 42.7 Å². The standard InChI is InChI=1S/C17H28N2O3S/c1-23(21,22)19-7-5-11(6-8-19)17(20)18-16-10-12-9-15(16)14-4-2-3-13(12)14/h11-16H,2-10H2,1H3,(H,18,20)/t12-,13+,14-,15+,16-/m1/s1. The topological polar surface area (TPSA) is 66.5 Å². The Morgan fingerprint density at radius 3 is 2.39 bits per heavy atom. The van der Waals surface area contributed by atoms with Crippen LogP contribution >= 0.6 is 0 Å². The summed E-state index contributed by atoms with van der Waals surface area (Å²) >= 11 is 0. The van der Waals surface area contributed by atoms with E-state index < -0.39 is 10.0 Å². The number of fused-ring (bicyclic) bond motifs is 5. The molecular weight excluding hydrogens is 312 g/mol. The minimum Gasteiger partial charge on any atom is -0.353 e. The summed E-state index contributed by atoms with van der Waals surface area (Å²) in [7, 11) is -3.11. The molecule has 0 radical (unpaired) electrons. The number of hydrogen-bond donors (Lipinski definition) is 1. The van der Waals surface area contributed by atoms with E-state index in [-0.39, 0.29) is 11.8 Å². The van der Waals surface area contributed by atoms with Crippen LogP contribution in [0.1, 0.15) is 44.9 Å². The maximum Gasteiger partial charge on any atom is 0.223 e. The predicted molar refractivity (Wildman–Crippen MR) is 88.1 cm³/mol. The van der Waals surface area contributed by atoms with E-state index in [4.69, 9.17) is 0 Å². The van der Waals surface area contributed by atoms with Gasteiger partial charge in [0.25, 0.3) is 0 Å². The molecule has 4 aliphatic rings. The molecule has 3 aliphatic carbocycles. The summed E-state index contributed by atoms with van der Waals surface area (Å²) in [6.45, 7) is 0.969. The molecule has 0 aromatic rings. The van der Waals surface area contributed by atoms with Crippen molar-refractivity contribution in [3.63, 3.8) is 0 Å². The molecule has 0 unspecified atom stereocenters. The quantitative estimate of drug-likeness (QED) is 0.848. The fraction of sp³-hybridized carbons (Fsp3) is 0.941. The van der Waals surface area contributed by atoms with Crippen LogP contribution in [0.4, 0.5) is 0 Å². The van der Waals surface area contributed by atoms with Crippen molar-refractivity contribution in [1.82, 2.24) is 9.62 Å². The highest BCUT2D eigenvalue weighted by Gasteiger charge is 2.54. The Balaban J connectivity index is 1.32. The van der Waals surface area contributed by atoms with Crippen molar-refractivity contribution < 1.29 is 13.2 Å². The van der Waals surface area contributed by atoms with E-state index >= 15 is 0 Å². The molecule has 23 heavy (non-hydrogen) atoms. The molecule has 0 aromatic carbocycles. The van der Waals surface area contributed by atoms with Crippen LogP contribution in [-0.4, -0.2) is 44.0 Å². The first kappa shape index (κ1) is 15.9. The van der Waals surface area contributed by atoms with Gasteiger partial charge in [-0.15, -0.1) is 0 Å². The van der Waals surface area contributed by atoms with Crippen LogP contribution in [0.25, 0.3) is 0 Å². The van der Waals surface area contributed by atoms with Gasteiger partial charge in [-0.3, -0.25) is 4.79 Å². The molecule has 130 valence electrons. The predicted octanol–water partition coefficient (Wildman–Crippen LogP) is 1.60. The van der Waals surface area contributed by atoms with Gasteiger partial charge in [-0.25, -0.2) is 12.7 Å². The van der Waals surface area contributed by atoms with Crippen LogP contribution in [0, 0.1) is 29.6 Å². The second-order valence-corrected chi connectivity index (χ2v) is 10.2. The Morgan fingerprint density at radius 2 is 1.70 bits per heavy atom. The molecule has 2 bridgehead atoms. The molecule has 5 atom stereocenters. The lowest BCUT2D eigenvalue weighted by molar-refractivity contribution is -0.127. The number of carbonyl (C=O) groups excluding carboxylic acids is 1. The Labute approximate surface area is 139 Å². The molecule has 1 heterocycles. The molecule has 1 aliphatic heterocycles. The molecule has 0 aromatic heterocycles. The highest BCUT2D eigenvalue weighted by molar-refractivity contribution is 7.88. The van der Waals surface area contributed by atoms with Gasteiger partial charge >= 0.3 is 0 Å². The number of hydrogen-bond acceptors (Lipinski definition) is 3. The largest absolute Gasteiger partial charge is 0.353 e. The van der Waals surface area contributed by atoms with Gasteiger partial charge in [-0.1, -0.05) is 6.42 Å². The van der Waals surface area contributed by atoms with Crippen LogP contribution in [0.3, 0.4) is 0 Å². The molecule has 3 saturated carbocycles. The van der Waals surface area contributed by atoms with Gasteiger partial charge in [-0.2, -0.15) is 0 Å². The number of sulfonamides is 1. The molecule has 4 rings (SSSR count). The highest BCUT2D eigenvalue weighted by atomic mass is 32.2. The van der Waals surface area contributed by atoms with Gasteiger partial charge in [-0.05, 0) is 62.2 Å². The molecule has 4 fully saturated rings. The van der Waals surface area contributed by atoms with Gasteiger partial charge in [0, 0.05) is 25.0 Å².